The third-order valence-electron chi connectivity index (χ3n) is 4.33. The summed E-state index contributed by atoms with van der Waals surface area (Å²) in [5, 5.41) is 2.67. The van der Waals surface area contributed by atoms with Crippen molar-refractivity contribution in [2.75, 3.05) is 23.4 Å². The van der Waals surface area contributed by atoms with Crippen molar-refractivity contribution in [2.24, 2.45) is 0 Å². The molecular weight excluding hydrogens is 371 g/mol. The summed E-state index contributed by atoms with van der Waals surface area (Å²) >= 11 is 5.95. The van der Waals surface area contributed by atoms with Crippen LogP contribution in [0, 0.1) is 5.82 Å². The third kappa shape index (κ3) is 4.22. The molecule has 2 amide bonds. The summed E-state index contributed by atoms with van der Waals surface area (Å²) < 4.78 is 19.4. The van der Waals surface area contributed by atoms with Gasteiger partial charge < -0.3 is 15.0 Å². The second kappa shape index (κ2) is 8.39. The van der Waals surface area contributed by atoms with E-state index in [1.54, 1.807) is 23.1 Å². The van der Waals surface area contributed by atoms with Gasteiger partial charge in [0.2, 0.25) is 0 Å². The number of anilines is 2. The Morgan fingerprint density at radius 2 is 2.11 bits per heavy atom. The molecule has 27 heavy (non-hydrogen) atoms. The van der Waals surface area contributed by atoms with Crippen LogP contribution in [0.25, 0.3) is 0 Å². The van der Waals surface area contributed by atoms with Gasteiger partial charge in [0, 0.05) is 12.2 Å². The van der Waals surface area contributed by atoms with E-state index in [0.29, 0.717) is 23.7 Å². The van der Waals surface area contributed by atoms with Gasteiger partial charge in [-0.1, -0.05) is 37.4 Å². The summed E-state index contributed by atoms with van der Waals surface area (Å²) in [6.45, 7) is 2.67. The number of carbonyl (C=O) groups is 2. The van der Waals surface area contributed by atoms with Gasteiger partial charge in [-0.3, -0.25) is 9.59 Å². The van der Waals surface area contributed by atoms with Crippen LogP contribution in [0.4, 0.5) is 15.8 Å². The van der Waals surface area contributed by atoms with E-state index in [-0.39, 0.29) is 23.1 Å². The lowest BCUT2D eigenvalue weighted by Crippen LogP contribution is -2.39. The molecule has 0 atom stereocenters. The number of fused-ring (bicyclic) bond motifs is 1. The molecule has 1 aliphatic heterocycles. The molecule has 0 saturated heterocycles. The number of benzene rings is 2. The number of unbranched alkanes of at least 4 members (excludes halogenated alkanes) is 2. The largest absolute Gasteiger partial charge is 0.482 e. The van der Waals surface area contributed by atoms with Crippen molar-refractivity contribution < 1.29 is 18.7 Å². The van der Waals surface area contributed by atoms with E-state index < -0.39 is 11.7 Å². The van der Waals surface area contributed by atoms with Crippen LogP contribution in [-0.2, 0) is 4.79 Å². The van der Waals surface area contributed by atoms with E-state index in [9.17, 15) is 14.0 Å². The lowest BCUT2D eigenvalue weighted by atomic mass is 10.1. The molecule has 0 bridgehead atoms. The SMILES string of the molecule is CCCCCN1C(=O)COc2ccc(NC(=O)c3c(F)cccc3Cl)cc21. The minimum atomic E-state index is -0.697. The zero-order chi connectivity index (χ0) is 19.4. The molecule has 0 unspecified atom stereocenters. The van der Waals surface area contributed by atoms with Crippen LogP contribution in [0.3, 0.4) is 0 Å². The van der Waals surface area contributed by atoms with Gasteiger partial charge in [0.25, 0.3) is 11.8 Å². The zero-order valence-electron chi connectivity index (χ0n) is 14.9. The van der Waals surface area contributed by atoms with Crippen molar-refractivity contribution >= 4 is 34.8 Å². The molecule has 0 aliphatic carbocycles. The lowest BCUT2D eigenvalue weighted by Gasteiger charge is -2.30. The first-order chi connectivity index (χ1) is 13.0. The van der Waals surface area contributed by atoms with Crippen LogP contribution in [0.2, 0.25) is 5.02 Å². The highest BCUT2D eigenvalue weighted by Gasteiger charge is 2.26. The average molecular weight is 391 g/mol. The number of hydrogen-bond donors (Lipinski definition) is 1. The van der Waals surface area contributed by atoms with Gasteiger partial charge in [0.05, 0.1) is 16.3 Å². The maximum absolute atomic E-state index is 13.9. The molecule has 1 N–H and O–H groups in total. The Bertz CT molecular complexity index is 852. The molecule has 5 nitrogen and oxygen atoms in total. The highest BCUT2D eigenvalue weighted by Crippen LogP contribution is 2.35. The van der Waals surface area contributed by atoms with Gasteiger partial charge in [-0.2, -0.15) is 0 Å². The maximum atomic E-state index is 13.9. The number of carbonyl (C=O) groups excluding carboxylic acids is 2. The third-order valence-corrected chi connectivity index (χ3v) is 4.65. The van der Waals surface area contributed by atoms with Gasteiger partial charge in [-0.25, -0.2) is 4.39 Å². The zero-order valence-corrected chi connectivity index (χ0v) is 15.7. The Labute approximate surface area is 162 Å². The fourth-order valence-corrected chi connectivity index (χ4v) is 3.20. The Kier molecular flexibility index (Phi) is 5.96. The smallest absolute Gasteiger partial charge is 0.265 e. The first-order valence-corrected chi connectivity index (χ1v) is 9.21. The van der Waals surface area contributed by atoms with Gasteiger partial charge in [-0.05, 0) is 36.8 Å². The van der Waals surface area contributed by atoms with Crippen LogP contribution in [0.1, 0.15) is 36.5 Å². The summed E-state index contributed by atoms with van der Waals surface area (Å²) in [6.07, 6.45) is 2.94. The molecule has 7 heteroatoms. The summed E-state index contributed by atoms with van der Waals surface area (Å²) in [4.78, 5) is 26.3. The van der Waals surface area contributed by atoms with E-state index in [1.165, 1.54) is 18.2 Å². The molecule has 0 spiro atoms. The van der Waals surface area contributed by atoms with Crippen LogP contribution in [-0.4, -0.2) is 25.0 Å². The van der Waals surface area contributed by atoms with Gasteiger partial charge in [0.15, 0.2) is 6.61 Å². The van der Waals surface area contributed by atoms with E-state index in [2.05, 4.69) is 12.2 Å². The van der Waals surface area contributed by atoms with Crippen molar-refractivity contribution in [3.05, 3.63) is 52.8 Å². The first kappa shape index (κ1) is 19.2. The fourth-order valence-electron chi connectivity index (χ4n) is 2.95. The van der Waals surface area contributed by atoms with Gasteiger partial charge in [0.1, 0.15) is 11.6 Å². The number of amides is 2. The Morgan fingerprint density at radius 1 is 1.30 bits per heavy atom. The number of rotatable bonds is 6. The molecule has 2 aromatic carbocycles. The van der Waals surface area contributed by atoms with E-state index in [1.807, 2.05) is 0 Å². The van der Waals surface area contributed by atoms with Crippen molar-refractivity contribution in [1.29, 1.82) is 0 Å². The second-order valence-corrected chi connectivity index (χ2v) is 6.68. The summed E-state index contributed by atoms with van der Waals surface area (Å²) in [7, 11) is 0. The Balaban J connectivity index is 1.84. The quantitative estimate of drug-likeness (QED) is 0.730. The van der Waals surface area contributed by atoms with Crippen LogP contribution in [0.15, 0.2) is 36.4 Å². The fraction of sp³-hybridized carbons (Fsp3) is 0.300. The monoisotopic (exact) mass is 390 g/mol. The standard InChI is InChI=1S/C20H20ClFN2O3/c1-2-3-4-10-24-16-11-13(8-9-17(16)27-12-18(24)25)23-20(26)19-14(21)6-5-7-15(19)22/h5-9,11H,2-4,10,12H2,1H3,(H,23,26). The lowest BCUT2D eigenvalue weighted by molar-refractivity contribution is -0.121. The van der Waals surface area contributed by atoms with Crippen molar-refractivity contribution in [3.8, 4) is 5.75 Å². The van der Waals surface area contributed by atoms with Crippen LogP contribution >= 0.6 is 11.6 Å². The minimum Gasteiger partial charge on any atom is -0.482 e. The molecular formula is C20H20ClFN2O3. The second-order valence-electron chi connectivity index (χ2n) is 6.27. The summed E-state index contributed by atoms with van der Waals surface area (Å²) in [5.74, 6) is -0.899. The molecule has 0 aromatic heterocycles. The number of hydrogen-bond acceptors (Lipinski definition) is 3. The molecule has 1 aliphatic rings. The maximum Gasteiger partial charge on any atom is 0.265 e. The topological polar surface area (TPSA) is 58.6 Å². The van der Waals surface area contributed by atoms with Crippen LogP contribution < -0.4 is 15.0 Å². The first-order valence-electron chi connectivity index (χ1n) is 8.84. The Hall–Kier alpha value is -2.60. The molecule has 2 aromatic rings. The van der Waals surface area contributed by atoms with Crippen LogP contribution in [0.5, 0.6) is 5.75 Å². The molecule has 0 saturated carbocycles. The van der Waals surface area contributed by atoms with Crippen molar-refractivity contribution in [1.82, 2.24) is 0 Å². The van der Waals surface area contributed by atoms with Gasteiger partial charge in [-0.15, -0.1) is 0 Å². The average Bonchev–Trinajstić information content (AvgIpc) is 2.63. The number of halogens is 2. The minimum absolute atomic E-state index is 0.00430. The summed E-state index contributed by atoms with van der Waals surface area (Å²) in [6, 6.07) is 9.05. The highest BCUT2D eigenvalue weighted by molar-refractivity contribution is 6.34. The number of ether oxygens (including phenoxy) is 1. The molecule has 0 fully saturated rings. The van der Waals surface area contributed by atoms with E-state index >= 15 is 0 Å². The number of nitrogens with one attached hydrogen (secondary N) is 1. The highest BCUT2D eigenvalue weighted by atomic mass is 35.5. The predicted molar refractivity (Wildman–Crippen MR) is 103 cm³/mol. The van der Waals surface area contributed by atoms with E-state index in [4.69, 9.17) is 16.3 Å². The van der Waals surface area contributed by atoms with E-state index in [0.717, 1.165) is 19.3 Å². The Morgan fingerprint density at radius 3 is 2.85 bits per heavy atom. The molecule has 142 valence electrons. The van der Waals surface area contributed by atoms with Crippen molar-refractivity contribution in [3.63, 3.8) is 0 Å². The number of nitrogens with zero attached hydrogens (tertiary/aromatic N) is 1. The normalized spacial score (nSPS) is 13.1. The van der Waals surface area contributed by atoms with Crippen molar-refractivity contribution in [2.45, 2.75) is 26.2 Å². The summed E-state index contributed by atoms with van der Waals surface area (Å²) in [5.41, 5.74) is 0.806. The van der Waals surface area contributed by atoms with Gasteiger partial charge >= 0.3 is 0 Å². The molecule has 3 rings (SSSR count). The predicted octanol–water partition coefficient (Wildman–Crippen LogP) is 4.65. The molecule has 1 heterocycles. The molecule has 0 radical (unpaired) electrons.